The Morgan fingerprint density at radius 3 is 2.61 bits per heavy atom. The van der Waals surface area contributed by atoms with Gasteiger partial charge < -0.3 is 4.57 Å². The number of hydrogen-bond acceptors (Lipinski definition) is 2. The van der Waals surface area contributed by atoms with Gasteiger partial charge in [0.1, 0.15) is 5.69 Å². The van der Waals surface area contributed by atoms with Gasteiger partial charge in [-0.25, -0.2) is 9.97 Å². The van der Waals surface area contributed by atoms with E-state index in [1.807, 2.05) is 43.3 Å². The molecule has 18 heavy (non-hydrogen) atoms. The van der Waals surface area contributed by atoms with Gasteiger partial charge in [0.25, 0.3) is 0 Å². The van der Waals surface area contributed by atoms with E-state index in [9.17, 15) is 0 Å². The van der Waals surface area contributed by atoms with E-state index in [4.69, 9.17) is 4.98 Å². The average Bonchev–Trinajstić information content (AvgIpc) is 2.77. The molecule has 0 radical (unpaired) electrons. The molecule has 2 aromatic heterocycles. The topological polar surface area (TPSA) is 30.7 Å². The molecule has 0 aliphatic carbocycles. The second kappa shape index (κ2) is 4.26. The van der Waals surface area contributed by atoms with Gasteiger partial charge in [0.15, 0.2) is 5.82 Å². The molecule has 0 aliphatic heterocycles. The van der Waals surface area contributed by atoms with Crippen molar-refractivity contribution in [2.24, 2.45) is 0 Å². The third-order valence-corrected chi connectivity index (χ3v) is 3.09. The lowest BCUT2D eigenvalue weighted by Crippen LogP contribution is -1.99. The quantitative estimate of drug-likeness (QED) is 0.683. The van der Waals surface area contributed by atoms with Gasteiger partial charge in [0.05, 0.1) is 11.0 Å². The standard InChI is InChI=1S/C15H15N3/c1-3-18-14-10-5-4-8-12(14)17-15(18)13-9-6-7-11(2)16-13/h4-10H,3H2,1-2H3. The van der Waals surface area contributed by atoms with Gasteiger partial charge in [-0.15, -0.1) is 0 Å². The fraction of sp³-hybridized carbons (Fsp3) is 0.200. The molecule has 0 saturated carbocycles. The highest BCUT2D eigenvalue weighted by Gasteiger charge is 2.11. The molecule has 0 unspecified atom stereocenters. The maximum absolute atomic E-state index is 4.70. The maximum atomic E-state index is 4.70. The van der Waals surface area contributed by atoms with E-state index in [2.05, 4.69) is 22.5 Å². The van der Waals surface area contributed by atoms with Crippen LogP contribution in [0.3, 0.4) is 0 Å². The predicted molar refractivity (Wildman–Crippen MR) is 73.4 cm³/mol. The SMILES string of the molecule is CCn1c(-c2cccc(C)n2)nc2ccccc21. The van der Waals surface area contributed by atoms with E-state index in [1.54, 1.807) is 0 Å². The van der Waals surface area contributed by atoms with Crippen molar-refractivity contribution < 1.29 is 0 Å². The first-order valence-electron chi connectivity index (χ1n) is 6.19. The Bertz CT molecular complexity index is 698. The Kier molecular flexibility index (Phi) is 2.59. The Labute approximate surface area is 106 Å². The summed E-state index contributed by atoms with van der Waals surface area (Å²) in [5.41, 5.74) is 4.14. The lowest BCUT2D eigenvalue weighted by Gasteiger charge is -2.05. The number of fused-ring (bicyclic) bond motifs is 1. The Hall–Kier alpha value is -2.16. The van der Waals surface area contributed by atoms with Crippen molar-refractivity contribution in [3.05, 3.63) is 48.2 Å². The Morgan fingerprint density at radius 1 is 1.00 bits per heavy atom. The van der Waals surface area contributed by atoms with Crippen LogP contribution in [0.2, 0.25) is 0 Å². The summed E-state index contributed by atoms with van der Waals surface area (Å²) in [5, 5.41) is 0. The van der Waals surface area contributed by atoms with Crippen LogP contribution in [0.5, 0.6) is 0 Å². The highest BCUT2D eigenvalue weighted by atomic mass is 15.1. The van der Waals surface area contributed by atoms with E-state index in [0.717, 1.165) is 29.3 Å². The zero-order valence-corrected chi connectivity index (χ0v) is 10.6. The maximum Gasteiger partial charge on any atom is 0.159 e. The number of aromatic nitrogens is 3. The summed E-state index contributed by atoms with van der Waals surface area (Å²) in [6.45, 7) is 5.03. The predicted octanol–water partition coefficient (Wildman–Crippen LogP) is 3.43. The number of nitrogens with zero attached hydrogens (tertiary/aromatic N) is 3. The number of benzene rings is 1. The monoisotopic (exact) mass is 237 g/mol. The third kappa shape index (κ3) is 1.68. The third-order valence-electron chi connectivity index (χ3n) is 3.09. The van der Waals surface area contributed by atoms with Crippen LogP contribution in [0.1, 0.15) is 12.6 Å². The van der Waals surface area contributed by atoms with Crippen molar-refractivity contribution in [3.63, 3.8) is 0 Å². The van der Waals surface area contributed by atoms with Gasteiger partial charge in [-0.2, -0.15) is 0 Å². The van der Waals surface area contributed by atoms with Crippen LogP contribution in [0, 0.1) is 6.92 Å². The molecule has 0 saturated heterocycles. The minimum atomic E-state index is 0.894. The summed E-state index contributed by atoms with van der Waals surface area (Å²) in [5.74, 6) is 0.947. The molecule has 3 heteroatoms. The highest BCUT2D eigenvalue weighted by molar-refractivity contribution is 5.79. The summed E-state index contributed by atoms with van der Waals surface area (Å²) in [4.78, 5) is 9.26. The largest absolute Gasteiger partial charge is 0.323 e. The summed E-state index contributed by atoms with van der Waals surface area (Å²) in [6.07, 6.45) is 0. The zero-order chi connectivity index (χ0) is 12.5. The zero-order valence-electron chi connectivity index (χ0n) is 10.6. The number of aryl methyl sites for hydroxylation is 2. The van der Waals surface area contributed by atoms with Crippen LogP contribution in [0.15, 0.2) is 42.5 Å². The fourth-order valence-corrected chi connectivity index (χ4v) is 2.26. The molecule has 0 amide bonds. The Balaban J connectivity index is 2.28. The van der Waals surface area contributed by atoms with Crippen LogP contribution >= 0.6 is 0 Å². The number of imidazole rings is 1. The molecule has 0 aliphatic rings. The average molecular weight is 237 g/mol. The molecular weight excluding hydrogens is 222 g/mol. The van der Waals surface area contributed by atoms with Gasteiger partial charge in [-0.3, -0.25) is 0 Å². The molecule has 0 spiro atoms. The number of rotatable bonds is 2. The summed E-state index contributed by atoms with van der Waals surface area (Å²) < 4.78 is 2.21. The first-order valence-corrected chi connectivity index (χ1v) is 6.19. The van der Waals surface area contributed by atoms with Crippen LogP contribution in [-0.4, -0.2) is 14.5 Å². The fourth-order valence-electron chi connectivity index (χ4n) is 2.26. The molecule has 3 nitrogen and oxygen atoms in total. The van der Waals surface area contributed by atoms with E-state index in [1.165, 1.54) is 5.52 Å². The van der Waals surface area contributed by atoms with Crippen LogP contribution < -0.4 is 0 Å². The van der Waals surface area contributed by atoms with Gasteiger partial charge in [0.2, 0.25) is 0 Å². The van der Waals surface area contributed by atoms with Crippen molar-refractivity contribution >= 4 is 11.0 Å². The molecule has 0 bridgehead atoms. The lowest BCUT2D eigenvalue weighted by molar-refractivity contribution is 0.792. The van der Waals surface area contributed by atoms with Crippen molar-refractivity contribution in [3.8, 4) is 11.5 Å². The minimum Gasteiger partial charge on any atom is -0.323 e. The highest BCUT2D eigenvalue weighted by Crippen LogP contribution is 2.23. The van der Waals surface area contributed by atoms with E-state index in [0.29, 0.717) is 0 Å². The van der Waals surface area contributed by atoms with E-state index in [-0.39, 0.29) is 0 Å². The van der Waals surface area contributed by atoms with Crippen LogP contribution in [-0.2, 0) is 6.54 Å². The molecular formula is C15H15N3. The normalized spacial score (nSPS) is 11.0. The van der Waals surface area contributed by atoms with Crippen molar-refractivity contribution in [2.75, 3.05) is 0 Å². The second-order valence-corrected chi connectivity index (χ2v) is 4.33. The first kappa shape index (κ1) is 11.0. The molecule has 2 heterocycles. The van der Waals surface area contributed by atoms with Gasteiger partial charge >= 0.3 is 0 Å². The van der Waals surface area contributed by atoms with Crippen LogP contribution in [0.25, 0.3) is 22.6 Å². The molecule has 90 valence electrons. The van der Waals surface area contributed by atoms with E-state index < -0.39 is 0 Å². The molecule has 0 atom stereocenters. The lowest BCUT2D eigenvalue weighted by atomic mass is 10.3. The minimum absolute atomic E-state index is 0.894. The van der Waals surface area contributed by atoms with Crippen molar-refractivity contribution in [2.45, 2.75) is 20.4 Å². The molecule has 3 aromatic rings. The van der Waals surface area contributed by atoms with Crippen LogP contribution in [0.4, 0.5) is 0 Å². The summed E-state index contributed by atoms with van der Waals surface area (Å²) in [7, 11) is 0. The van der Waals surface area contributed by atoms with Gasteiger partial charge in [-0.05, 0) is 38.1 Å². The summed E-state index contributed by atoms with van der Waals surface area (Å²) in [6, 6.07) is 14.2. The number of para-hydroxylation sites is 2. The molecule has 1 aromatic carbocycles. The number of pyridine rings is 1. The second-order valence-electron chi connectivity index (χ2n) is 4.33. The molecule has 0 N–H and O–H groups in total. The smallest absolute Gasteiger partial charge is 0.159 e. The molecule has 0 fully saturated rings. The van der Waals surface area contributed by atoms with E-state index >= 15 is 0 Å². The summed E-state index contributed by atoms with van der Waals surface area (Å²) >= 11 is 0. The molecule has 3 rings (SSSR count). The Morgan fingerprint density at radius 2 is 1.83 bits per heavy atom. The van der Waals surface area contributed by atoms with Gasteiger partial charge in [-0.1, -0.05) is 18.2 Å². The van der Waals surface area contributed by atoms with Crippen molar-refractivity contribution in [1.82, 2.24) is 14.5 Å². The first-order chi connectivity index (χ1) is 8.79. The van der Waals surface area contributed by atoms with Crippen molar-refractivity contribution in [1.29, 1.82) is 0 Å². The number of hydrogen-bond donors (Lipinski definition) is 0. The van der Waals surface area contributed by atoms with Gasteiger partial charge in [0, 0.05) is 12.2 Å².